The zero-order valence-corrected chi connectivity index (χ0v) is 15.5. The maximum Gasteiger partial charge on any atom is 0.269 e. The van der Waals surface area contributed by atoms with E-state index in [1.165, 1.54) is 0 Å². The Morgan fingerprint density at radius 2 is 2.15 bits per heavy atom. The third kappa shape index (κ3) is 3.01. The van der Waals surface area contributed by atoms with Crippen LogP contribution in [-0.4, -0.2) is 32.4 Å². The lowest BCUT2D eigenvalue weighted by atomic mass is 9.96. The molecule has 1 amide bonds. The molecular weight excluding hydrogens is 350 g/mol. The highest BCUT2D eigenvalue weighted by Crippen LogP contribution is 2.49. The number of aromatic amines is 1. The minimum atomic E-state index is -0.163. The fourth-order valence-electron chi connectivity index (χ4n) is 3.36. The second kappa shape index (κ2) is 6.29. The van der Waals surface area contributed by atoms with Crippen LogP contribution in [-0.2, 0) is 12.5 Å². The van der Waals surface area contributed by atoms with Crippen molar-refractivity contribution in [3.63, 3.8) is 0 Å². The molecule has 0 unspecified atom stereocenters. The highest BCUT2D eigenvalue weighted by molar-refractivity contribution is 6.31. The van der Waals surface area contributed by atoms with Crippen molar-refractivity contribution in [1.29, 1.82) is 0 Å². The zero-order chi connectivity index (χ0) is 18.3. The standard InChI is InChI=1S/C19H20ClN5O/c1-12-13(10-25(2)24-12)16-9-17(23-22-16)18(26)21-11-19(7-8-19)14-5-3-4-6-15(14)20/h3-6,9-10H,7-8,11H2,1-2H3,(H,21,26)(H,22,23). The van der Waals surface area contributed by atoms with Gasteiger partial charge in [0.15, 0.2) is 0 Å². The molecule has 3 aromatic rings. The van der Waals surface area contributed by atoms with Crippen LogP contribution in [0.5, 0.6) is 0 Å². The Balaban J connectivity index is 1.46. The summed E-state index contributed by atoms with van der Waals surface area (Å²) in [5.74, 6) is -0.163. The summed E-state index contributed by atoms with van der Waals surface area (Å²) in [6, 6.07) is 9.61. The van der Waals surface area contributed by atoms with Crippen molar-refractivity contribution >= 4 is 17.5 Å². The summed E-state index contributed by atoms with van der Waals surface area (Å²) in [6.07, 6.45) is 3.95. The number of H-pyrrole nitrogens is 1. The van der Waals surface area contributed by atoms with Gasteiger partial charge in [0.1, 0.15) is 5.69 Å². The Kier molecular flexibility index (Phi) is 4.07. The van der Waals surface area contributed by atoms with E-state index in [-0.39, 0.29) is 11.3 Å². The summed E-state index contributed by atoms with van der Waals surface area (Å²) >= 11 is 6.33. The minimum absolute atomic E-state index is 0.0448. The molecule has 0 spiro atoms. The first kappa shape index (κ1) is 16.8. The molecule has 2 heterocycles. The van der Waals surface area contributed by atoms with Crippen molar-refractivity contribution in [2.24, 2.45) is 7.05 Å². The van der Waals surface area contributed by atoms with E-state index in [0.29, 0.717) is 17.9 Å². The van der Waals surface area contributed by atoms with Gasteiger partial charge in [0, 0.05) is 35.8 Å². The maximum absolute atomic E-state index is 12.5. The molecule has 0 aliphatic heterocycles. The van der Waals surface area contributed by atoms with Crippen molar-refractivity contribution in [3.8, 4) is 11.3 Å². The van der Waals surface area contributed by atoms with E-state index in [0.717, 1.165) is 34.7 Å². The van der Waals surface area contributed by atoms with E-state index < -0.39 is 0 Å². The van der Waals surface area contributed by atoms with Crippen molar-refractivity contribution in [2.75, 3.05) is 6.54 Å². The molecule has 134 valence electrons. The van der Waals surface area contributed by atoms with Gasteiger partial charge in [0.05, 0.1) is 11.4 Å². The molecule has 0 atom stereocenters. The number of halogens is 1. The lowest BCUT2D eigenvalue weighted by Crippen LogP contribution is -2.32. The number of benzene rings is 1. The molecular formula is C19H20ClN5O. The highest BCUT2D eigenvalue weighted by Gasteiger charge is 2.45. The first-order chi connectivity index (χ1) is 12.5. The molecule has 1 aliphatic carbocycles. The average molecular weight is 370 g/mol. The van der Waals surface area contributed by atoms with E-state index in [1.54, 1.807) is 10.7 Å². The molecule has 1 fully saturated rings. The van der Waals surface area contributed by atoms with E-state index in [4.69, 9.17) is 11.6 Å². The van der Waals surface area contributed by atoms with Crippen LogP contribution in [0, 0.1) is 6.92 Å². The predicted molar refractivity (Wildman–Crippen MR) is 100 cm³/mol. The third-order valence-electron chi connectivity index (χ3n) is 5.00. The van der Waals surface area contributed by atoms with Crippen LogP contribution in [0.3, 0.4) is 0 Å². The Hall–Kier alpha value is -2.60. The van der Waals surface area contributed by atoms with Gasteiger partial charge in [0.25, 0.3) is 5.91 Å². The van der Waals surface area contributed by atoms with Gasteiger partial charge in [-0.25, -0.2) is 0 Å². The van der Waals surface area contributed by atoms with Gasteiger partial charge in [-0.15, -0.1) is 0 Å². The van der Waals surface area contributed by atoms with Crippen LogP contribution in [0.2, 0.25) is 5.02 Å². The van der Waals surface area contributed by atoms with Crippen molar-refractivity contribution in [1.82, 2.24) is 25.3 Å². The molecule has 1 saturated carbocycles. The fourth-order valence-corrected chi connectivity index (χ4v) is 3.69. The van der Waals surface area contributed by atoms with E-state index in [1.807, 2.05) is 44.4 Å². The average Bonchev–Trinajstić information content (AvgIpc) is 3.09. The van der Waals surface area contributed by atoms with Crippen LogP contribution in [0.25, 0.3) is 11.3 Å². The number of aryl methyl sites for hydroxylation is 2. The summed E-state index contributed by atoms with van der Waals surface area (Å²) in [5.41, 5.74) is 4.01. The minimum Gasteiger partial charge on any atom is -0.350 e. The fraction of sp³-hybridized carbons (Fsp3) is 0.316. The summed E-state index contributed by atoms with van der Waals surface area (Å²) < 4.78 is 1.74. The summed E-state index contributed by atoms with van der Waals surface area (Å²) in [4.78, 5) is 12.5. The topological polar surface area (TPSA) is 75.6 Å². The number of rotatable bonds is 5. The smallest absolute Gasteiger partial charge is 0.269 e. The molecule has 6 nitrogen and oxygen atoms in total. The van der Waals surface area contributed by atoms with Crippen LogP contribution in [0.1, 0.15) is 34.6 Å². The molecule has 2 aromatic heterocycles. The Bertz CT molecular complexity index is 970. The molecule has 0 bridgehead atoms. The van der Waals surface area contributed by atoms with Crippen molar-refractivity contribution < 1.29 is 4.79 Å². The number of carbonyl (C=O) groups excluding carboxylic acids is 1. The van der Waals surface area contributed by atoms with E-state index in [9.17, 15) is 4.79 Å². The predicted octanol–water partition coefficient (Wildman–Crippen LogP) is 3.23. The van der Waals surface area contributed by atoms with Crippen LogP contribution in [0.15, 0.2) is 36.5 Å². The molecule has 7 heteroatoms. The van der Waals surface area contributed by atoms with Gasteiger partial charge in [-0.2, -0.15) is 10.2 Å². The summed E-state index contributed by atoms with van der Waals surface area (Å²) in [7, 11) is 1.86. The molecule has 0 saturated heterocycles. The normalized spacial score (nSPS) is 15.0. The quantitative estimate of drug-likeness (QED) is 0.725. The Labute approximate surface area is 156 Å². The number of amides is 1. The maximum atomic E-state index is 12.5. The van der Waals surface area contributed by atoms with Crippen molar-refractivity contribution in [2.45, 2.75) is 25.2 Å². The van der Waals surface area contributed by atoms with Gasteiger partial charge in [-0.1, -0.05) is 29.8 Å². The van der Waals surface area contributed by atoms with Crippen molar-refractivity contribution in [3.05, 3.63) is 58.5 Å². The van der Waals surface area contributed by atoms with Crippen LogP contribution >= 0.6 is 11.6 Å². The number of hydrogen-bond donors (Lipinski definition) is 2. The second-order valence-electron chi connectivity index (χ2n) is 6.91. The monoisotopic (exact) mass is 369 g/mol. The van der Waals surface area contributed by atoms with Gasteiger partial charge in [0.2, 0.25) is 0 Å². The number of nitrogens with zero attached hydrogens (tertiary/aromatic N) is 3. The lowest BCUT2D eigenvalue weighted by molar-refractivity contribution is 0.0944. The molecule has 2 N–H and O–H groups in total. The molecule has 1 aromatic carbocycles. The Morgan fingerprint density at radius 3 is 2.81 bits per heavy atom. The number of hydrogen-bond acceptors (Lipinski definition) is 3. The van der Waals surface area contributed by atoms with Gasteiger partial charge >= 0.3 is 0 Å². The SMILES string of the molecule is Cc1nn(C)cc1-c1cc(C(=O)NCC2(c3ccccc3Cl)CC2)[nH]n1. The summed E-state index contributed by atoms with van der Waals surface area (Å²) in [6.45, 7) is 2.49. The summed E-state index contributed by atoms with van der Waals surface area (Å²) in [5, 5.41) is 15.2. The molecule has 0 radical (unpaired) electrons. The molecule has 1 aliphatic rings. The van der Waals surface area contributed by atoms with E-state index >= 15 is 0 Å². The van der Waals surface area contributed by atoms with Crippen LogP contribution < -0.4 is 5.32 Å². The van der Waals surface area contributed by atoms with Gasteiger partial charge in [-0.05, 0) is 37.5 Å². The number of carbonyl (C=O) groups is 1. The largest absolute Gasteiger partial charge is 0.350 e. The van der Waals surface area contributed by atoms with Gasteiger partial charge < -0.3 is 5.32 Å². The van der Waals surface area contributed by atoms with E-state index in [2.05, 4.69) is 20.6 Å². The second-order valence-corrected chi connectivity index (χ2v) is 7.32. The highest BCUT2D eigenvalue weighted by atomic mass is 35.5. The van der Waals surface area contributed by atoms with Crippen LogP contribution in [0.4, 0.5) is 0 Å². The lowest BCUT2D eigenvalue weighted by Gasteiger charge is -2.17. The molecule has 26 heavy (non-hydrogen) atoms. The number of aromatic nitrogens is 4. The third-order valence-corrected chi connectivity index (χ3v) is 5.33. The number of nitrogens with one attached hydrogen (secondary N) is 2. The first-order valence-corrected chi connectivity index (χ1v) is 8.95. The van der Waals surface area contributed by atoms with Gasteiger partial charge in [-0.3, -0.25) is 14.6 Å². The Morgan fingerprint density at radius 1 is 1.38 bits per heavy atom. The zero-order valence-electron chi connectivity index (χ0n) is 14.7. The first-order valence-electron chi connectivity index (χ1n) is 8.58. The molecule has 4 rings (SSSR count).